The third kappa shape index (κ3) is 5.14. The summed E-state index contributed by atoms with van der Waals surface area (Å²) in [6.07, 6.45) is 0.898. The number of amidine groups is 1. The van der Waals surface area contributed by atoms with Gasteiger partial charge < -0.3 is 5.32 Å². The number of rotatable bonds is 6. The number of thioether (sulfide) groups is 1. The van der Waals surface area contributed by atoms with Gasteiger partial charge in [0.25, 0.3) is 0 Å². The predicted molar refractivity (Wildman–Crippen MR) is 115 cm³/mol. The predicted octanol–water partition coefficient (Wildman–Crippen LogP) is 3.96. The Balaban J connectivity index is 1.56. The maximum Gasteiger partial charge on any atom is 0.242 e. The van der Waals surface area contributed by atoms with Crippen molar-refractivity contribution in [1.82, 2.24) is 10.2 Å². The Kier molecular flexibility index (Phi) is 6.75. The summed E-state index contributed by atoms with van der Waals surface area (Å²) >= 11 is 7.46. The van der Waals surface area contributed by atoms with Gasteiger partial charge in [0.15, 0.2) is 5.17 Å². The van der Waals surface area contributed by atoms with Crippen molar-refractivity contribution >= 4 is 46.0 Å². The van der Waals surface area contributed by atoms with Crippen molar-refractivity contribution in [3.8, 4) is 0 Å². The number of aryl methyl sites for hydroxylation is 1. The van der Waals surface area contributed by atoms with Gasteiger partial charge in [-0.15, -0.1) is 0 Å². The lowest BCUT2D eigenvalue weighted by molar-refractivity contribution is -0.128. The maximum absolute atomic E-state index is 12.5. The van der Waals surface area contributed by atoms with Gasteiger partial charge in [0.1, 0.15) is 5.25 Å². The third-order valence-electron chi connectivity index (χ3n) is 4.47. The molecule has 3 rings (SSSR count). The standard InChI is InChI=1S/C21H22ClN3O2S/c1-14-8-9-16(12-17(14)22)24-21-25(2)20(27)18(28-21)13-19(26)23-11-10-15-6-4-3-5-7-15/h3-9,12,18H,10-11,13H2,1-2H3,(H,23,26). The monoisotopic (exact) mass is 415 g/mol. The zero-order valence-corrected chi connectivity index (χ0v) is 17.4. The summed E-state index contributed by atoms with van der Waals surface area (Å²) in [6, 6.07) is 15.5. The fourth-order valence-electron chi connectivity index (χ4n) is 2.79. The van der Waals surface area contributed by atoms with Crippen molar-refractivity contribution in [3.05, 3.63) is 64.7 Å². The van der Waals surface area contributed by atoms with Gasteiger partial charge in [-0.2, -0.15) is 0 Å². The van der Waals surface area contributed by atoms with Crippen molar-refractivity contribution in [2.45, 2.75) is 25.0 Å². The number of aliphatic imine (C=N–C) groups is 1. The first-order valence-corrected chi connectivity index (χ1v) is 10.3. The van der Waals surface area contributed by atoms with Gasteiger partial charge in [-0.3, -0.25) is 14.5 Å². The molecular formula is C21H22ClN3O2S. The first-order chi connectivity index (χ1) is 13.4. The summed E-state index contributed by atoms with van der Waals surface area (Å²) in [4.78, 5) is 30.7. The normalized spacial score (nSPS) is 18.0. The zero-order chi connectivity index (χ0) is 20.1. The molecule has 2 amide bonds. The number of nitrogens with one attached hydrogen (secondary N) is 1. The highest BCUT2D eigenvalue weighted by atomic mass is 35.5. The Morgan fingerprint density at radius 2 is 2.00 bits per heavy atom. The summed E-state index contributed by atoms with van der Waals surface area (Å²) in [6.45, 7) is 2.47. The Labute approximate surface area is 174 Å². The molecule has 1 aliphatic rings. The van der Waals surface area contributed by atoms with Crippen LogP contribution >= 0.6 is 23.4 Å². The number of hydrogen-bond acceptors (Lipinski definition) is 4. The number of carbonyl (C=O) groups is 2. The number of halogens is 1. The van der Waals surface area contributed by atoms with E-state index < -0.39 is 5.25 Å². The molecule has 1 N–H and O–H groups in total. The van der Waals surface area contributed by atoms with Gasteiger partial charge in [-0.1, -0.05) is 59.8 Å². The molecule has 146 valence electrons. The van der Waals surface area contributed by atoms with Crippen molar-refractivity contribution < 1.29 is 9.59 Å². The second-order valence-corrected chi connectivity index (χ2v) is 8.20. The van der Waals surface area contributed by atoms with Gasteiger partial charge in [-0.05, 0) is 36.6 Å². The lowest BCUT2D eigenvalue weighted by Gasteiger charge is -2.09. The average molecular weight is 416 g/mol. The summed E-state index contributed by atoms with van der Waals surface area (Å²) in [7, 11) is 1.68. The molecule has 0 aromatic heterocycles. The van der Waals surface area contributed by atoms with E-state index in [1.54, 1.807) is 13.1 Å². The molecule has 5 nitrogen and oxygen atoms in total. The van der Waals surface area contributed by atoms with E-state index >= 15 is 0 Å². The van der Waals surface area contributed by atoms with Crippen LogP contribution in [0.15, 0.2) is 53.5 Å². The molecule has 2 aromatic rings. The molecule has 2 aromatic carbocycles. The first kappa shape index (κ1) is 20.4. The van der Waals surface area contributed by atoms with Crippen LogP contribution in [0.25, 0.3) is 0 Å². The smallest absolute Gasteiger partial charge is 0.242 e. The number of benzene rings is 2. The molecule has 0 saturated carbocycles. The second-order valence-electron chi connectivity index (χ2n) is 6.62. The molecule has 1 unspecified atom stereocenters. The SMILES string of the molecule is Cc1ccc(N=C2SC(CC(=O)NCCc3ccccc3)C(=O)N2C)cc1Cl. The molecule has 1 fully saturated rings. The zero-order valence-electron chi connectivity index (χ0n) is 15.8. The fourth-order valence-corrected chi connectivity index (χ4v) is 4.12. The van der Waals surface area contributed by atoms with Crippen LogP contribution in [0, 0.1) is 6.92 Å². The minimum Gasteiger partial charge on any atom is -0.356 e. The second kappa shape index (κ2) is 9.26. The Morgan fingerprint density at radius 1 is 1.25 bits per heavy atom. The minimum absolute atomic E-state index is 0.111. The highest BCUT2D eigenvalue weighted by molar-refractivity contribution is 8.15. The van der Waals surface area contributed by atoms with Crippen molar-refractivity contribution in [3.63, 3.8) is 0 Å². The van der Waals surface area contributed by atoms with E-state index in [-0.39, 0.29) is 18.2 Å². The van der Waals surface area contributed by atoms with Crippen molar-refractivity contribution in [1.29, 1.82) is 0 Å². The van der Waals surface area contributed by atoms with Crippen LogP contribution in [0.4, 0.5) is 5.69 Å². The molecule has 7 heteroatoms. The summed E-state index contributed by atoms with van der Waals surface area (Å²) in [5, 5.41) is 3.64. The van der Waals surface area contributed by atoms with E-state index in [0.717, 1.165) is 12.0 Å². The van der Waals surface area contributed by atoms with E-state index in [9.17, 15) is 9.59 Å². The first-order valence-electron chi connectivity index (χ1n) is 9.03. The Hall–Kier alpha value is -2.31. The summed E-state index contributed by atoms with van der Waals surface area (Å²) in [5.41, 5.74) is 2.82. The molecule has 1 saturated heterocycles. The van der Waals surface area contributed by atoms with Crippen LogP contribution in [0.1, 0.15) is 17.5 Å². The van der Waals surface area contributed by atoms with Crippen LogP contribution < -0.4 is 5.32 Å². The molecule has 0 radical (unpaired) electrons. The van der Waals surface area contributed by atoms with E-state index in [1.807, 2.05) is 49.4 Å². The van der Waals surface area contributed by atoms with Crippen LogP contribution in [0.5, 0.6) is 0 Å². The quantitative estimate of drug-likeness (QED) is 0.776. The van der Waals surface area contributed by atoms with E-state index in [4.69, 9.17) is 11.6 Å². The Morgan fingerprint density at radius 3 is 2.71 bits per heavy atom. The van der Waals surface area contributed by atoms with Crippen LogP contribution in [-0.4, -0.2) is 40.7 Å². The topological polar surface area (TPSA) is 61.8 Å². The van der Waals surface area contributed by atoms with Crippen LogP contribution in [-0.2, 0) is 16.0 Å². The molecule has 0 bridgehead atoms. The molecule has 0 spiro atoms. The average Bonchev–Trinajstić information content (AvgIpc) is 2.93. The van der Waals surface area contributed by atoms with Crippen molar-refractivity contribution in [2.24, 2.45) is 4.99 Å². The van der Waals surface area contributed by atoms with Gasteiger partial charge in [0.05, 0.1) is 5.69 Å². The van der Waals surface area contributed by atoms with E-state index in [2.05, 4.69) is 10.3 Å². The molecular weight excluding hydrogens is 394 g/mol. The van der Waals surface area contributed by atoms with Crippen molar-refractivity contribution in [2.75, 3.05) is 13.6 Å². The van der Waals surface area contributed by atoms with E-state index in [1.165, 1.54) is 22.2 Å². The van der Waals surface area contributed by atoms with E-state index in [0.29, 0.717) is 22.4 Å². The molecule has 1 heterocycles. The number of amides is 2. The molecule has 1 aliphatic heterocycles. The summed E-state index contributed by atoms with van der Waals surface area (Å²) < 4.78 is 0. The molecule has 0 aliphatic carbocycles. The third-order valence-corrected chi connectivity index (χ3v) is 6.11. The number of nitrogens with zero attached hydrogens (tertiary/aromatic N) is 2. The van der Waals surface area contributed by atoms with Gasteiger partial charge in [0.2, 0.25) is 11.8 Å². The van der Waals surface area contributed by atoms with Gasteiger partial charge >= 0.3 is 0 Å². The minimum atomic E-state index is -0.457. The van der Waals surface area contributed by atoms with Gasteiger partial charge in [-0.25, -0.2) is 4.99 Å². The molecule has 1 atom stereocenters. The Bertz CT molecular complexity index is 902. The lowest BCUT2D eigenvalue weighted by atomic mass is 10.1. The number of hydrogen-bond donors (Lipinski definition) is 1. The maximum atomic E-state index is 12.5. The van der Waals surface area contributed by atoms with Crippen LogP contribution in [0.3, 0.4) is 0 Å². The highest BCUT2D eigenvalue weighted by Gasteiger charge is 2.36. The number of carbonyl (C=O) groups excluding carboxylic acids is 2. The van der Waals surface area contributed by atoms with Crippen LogP contribution in [0.2, 0.25) is 5.02 Å². The van der Waals surface area contributed by atoms with Gasteiger partial charge in [0, 0.05) is 25.0 Å². The summed E-state index contributed by atoms with van der Waals surface area (Å²) in [5.74, 6) is -0.241. The highest BCUT2D eigenvalue weighted by Crippen LogP contribution is 2.31. The lowest BCUT2D eigenvalue weighted by Crippen LogP contribution is -2.33. The fraction of sp³-hybridized carbons (Fsp3) is 0.286. The largest absolute Gasteiger partial charge is 0.356 e. The molecule has 28 heavy (non-hydrogen) atoms.